The predicted molar refractivity (Wildman–Crippen MR) is 90.4 cm³/mol. The molecule has 2 unspecified atom stereocenters. The lowest BCUT2D eigenvalue weighted by atomic mass is 10.1. The first-order valence-electron chi connectivity index (χ1n) is 8.40. The van der Waals surface area contributed by atoms with Crippen molar-refractivity contribution in [1.82, 2.24) is 20.4 Å². The Bertz CT molecular complexity index is 502. The fourth-order valence-electron chi connectivity index (χ4n) is 2.98. The summed E-state index contributed by atoms with van der Waals surface area (Å²) >= 11 is 0. The van der Waals surface area contributed by atoms with Crippen molar-refractivity contribution in [2.24, 2.45) is 13.0 Å². The second kappa shape index (κ2) is 8.19. The Balaban J connectivity index is 1.75. The van der Waals surface area contributed by atoms with Gasteiger partial charge in [0.2, 0.25) is 0 Å². The van der Waals surface area contributed by atoms with Crippen LogP contribution in [0, 0.1) is 5.92 Å². The first-order valence-corrected chi connectivity index (χ1v) is 8.40. The number of carbonyl (C=O) groups is 1. The predicted octanol–water partition coefficient (Wildman–Crippen LogP) is 1.10. The number of amides is 2. The molecule has 130 valence electrons. The van der Waals surface area contributed by atoms with Gasteiger partial charge in [0.15, 0.2) is 0 Å². The summed E-state index contributed by atoms with van der Waals surface area (Å²) in [6.45, 7) is 6.17. The van der Waals surface area contributed by atoms with Crippen LogP contribution in [0.25, 0.3) is 0 Å². The molecule has 0 aliphatic carbocycles. The van der Waals surface area contributed by atoms with Gasteiger partial charge in [0, 0.05) is 38.9 Å². The molecule has 1 aliphatic heterocycles. The number of urea groups is 1. The number of carbonyl (C=O) groups excluding carboxylic acids is 1. The van der Waals surface area contributed by atoms with Crippen LogP contribution in [0.4, 0.5) is 10.5 Å². The number of aromatic nitrogens is 2. The molecule has 0 bridgehead atoms. The molecule has 2 amide bonds. The van der Waals surface area contributed by atoms with Gasteiger partial charge < -0.3 is 20.6 Å². The van der Waals surface area contributed by atoms with Gasteiger partial charge in [-0.25, -0.2) is 4.79 Å². The number of anilines is 1. The van der Waals surface area contributed by atoms with Crippen molar-refractivity contribution >= 4 is 11.7 Å². The highest BCUT2D eigenvalue weighted by Crippen LogP contribution is 2.18. The van der Waals surface area contributed by atoms with E-state index >= 15 is 0 Å². The van der Waals surface area contributed by atoms with Gasteiger partial charge in [0.25, 0.3) is 0 Å². The lowest BCUT2D eigenvalue weighted by Crippen LogP contribution is -2.51. The normalized spacial score (nSPS) is 19.7. The van der Waals surface area contributed by atoms with Gasteiger partial charge in [-0.15, -0.1) is 0 Å². The van der Waals surface area contributed by atoms with Crippen LogP contribution in [0.15, 0.2) is 12.4 Å². The molecule has 2 heterocycles. The molecule has 2 atom stereocenters. The minimum Gasteiger partial charge on any atom is -0.391 e. The van der Waals surface area contributed by atoms with Crippen molar-refractivity contribution in [3.63, 3.8) is 0 Å². The van der Waals surface area contributed by atoms with E-state index in [1.165, 1.54) is 0 Å². The van der Waals surface area contributed by atoms with Gasteiger partial charge in [0.05, 0.1) is 18.0 Å². The van der Waals surface area contributed by atoms with E-state index in [1.54, 1.807) is 4.68 Å². The molecule has 23 heavy (non-hydrogen) atoms. The van der Waals surface area contributed by atoms with Crippen LogP contribution in [0.1, 0.15) is 33.1 Å². The zero-order valence-corrected chi connectivity index (χ0v) is 14.3. The molecular weight excluding hydrogens is 294 g/mol. The highest BCUT2D eigenvalue weighted by atomic mass is 16.3. The maximum absolute atomic E-state index is 12.0. The molecule has 3 N–H and O–H groups in total. The molecule has 7 heteroatoms. The van der Waals surface area contributed by atoms with Crippen molar-refractivity contribution in [1.29, 1.82) is 0 Å². The summed E-state index contributed by atoms with van der Waals surface area (Å²) < 4.78 is 1.79. The van der Waals surface area contributed by atoms with Gasteiger partial charge in [-0.05, 0) is 25.2 Å². The van der Waals surface area contributed by atoms with Crippen LogP contribution in [0.5, 0.6) is 0 Å². The topological polar surface area (TPSA) is 82.4 Å². The Hall–Kier alpha value is -1.76. The third-order valence-electron chi connectivity index (χ3n) is 4.05. The summed E-state index contributed by atoms with van der Waals surface area (Å²) in [5.41, 5.74) is 1.09. The summed E-state index contributed by atoms with van der Waals surface area (Å²) in [7, 11) is 1.90. The number of piperidine rings is 1. The minimum atomic E-state index is -0.487. The highest BCUT2D eigenvalue weighted by molar-refractivity contribution is 5.74. The summed E-state index contributed by atoms with van der Waals surface area (Å²) in [5.74, 6) is 0.418. The Kier molecular flexibility index (Phi) is 6.27. The number of aliphatic hydroxyl groups is 1. The largest absolute Gasteiger partial charge is 0.391 e. The zero-order valence-electron chi connectivity index (χ0n) is 14.3. The number of rotatable bonds is 6. The number of nitrogens with zero attached hydrogens (tertiary/aromatic N) is 3. The summed E-state index contributed by atoms with van der Waals surface area (Å²) in [6.07, 6.45) is 6.06. The van der Waals surface area contributed by atoms with E-state index in [0.717, 1.165) is 31.6 Å². The maximum Gasteiger partial charge on any atom is 0.315 e. The lowest BCUT2D eigenvalue weighted by Gasteiger charge is -2.33. The van der Waals surface area contributed by atoms with Crippen LogP contribution >= 0.6 is 0 Å². The molecule has 0 spiro atoms. The van der Waals surface area contributed by atoms with E-state index < -0.39 is 6.10 Å². The molecule has 0 saturated carbocycles. The Morgan fingerprint density at radius 1 is 1.52 bits per heavy atom. The molecule has 0 radical (unpaired) electrons. The quantitative estimate of drug-likeness (QED) is 0.732. The lowest BCUT2D eigenvalue weighted by molar-refractivity contribution is 0.146. The molecule has 7 nitrogen and oxygen atoms in total. The molecule has 1 aromatic rings. The van der Waals surface area contributed by atoms with Crippen molar-refractivity contribution in [3.8, 4) is 0 Å². The zero-order chi connectivity index (χ0) is 16.8. The number of nitrogens with one attached hydrogen (secondary N) is 2. The molecule has 1 aliphatic rings. The van der Waals surface area contributed by atoms with Crippen LogP contribution < -0.4 is 15.5 Å². The second-order valence-electron chi connectivity index (χ2n) is 6.80. The number of aliphatic hydroxyl groups excluding tert-OH is 1. The third kappa shape index (κ3) is 5.74. The van der Waals surface area contributed by atoms with Gasteiger partial charge in [-0.2, -0.15) is 5.10 Å². The van der Waals surface area contributed by atoms with Crippen LogP contribution in [-0.2, 0) is 7.05 Å². The summed E-state index contributed by atoms with van der Waals surface area (Å²) in [4.78, 5) is 14.2. The van der Waals surface area contributed by atoms with E-state index in [4.69, 9.17) is 0 Å². The Morgan fingerprint density at radius 2 is 2.30 bits per heavy atom. The van der Waals surface area contributed by atoms with Crippen molar-refractivity contribution in [3.05, 3.63) is 12.4 Å². The molecule has 1 fully saturated rings. The smallest absolute Gasteiger partial charge is 0.315 e. The monoisotopic (exact) mass is 323 g/mol. The van der Waals surface area contributed by atoms with E-state index in [0.29, 0.717) is 18.9 Å². The first kappa shape index (κ1) is 17.6. The second-order valence-corrected chi connectivity index (χ2v) is 6.80. The standard InChI is InChI=1S/C16H29N5O2/c1-12(2)7-15(22)9-17-16(23)19-13-5-4-6-21(10-13)14-8-18-20(3)11-14/h8,11-13,15,22H,4-7,9-10H2,1-3H3,(H2,17,19,23). The molecule has 2 rings (SSSR count). The highest BCUT2D eigenvalue weighted by Gasteiger charge is 2.22. The van der Waals surface area contributed by atoms with E-state index in [2.05, 4.69) is 34.5 Å². The van der Waals surface area contributed by atoms with Crippen LogP contribution in [-0.4, -0.2) is 52.7 Å². The van der Waals surface area contributed by atoms with E-state index in [1.807, 2.05) is 19.4 Å². The molecular formula is C16H29N5O2. The summed E-state index contributed by atoms with van der Waals surface area (Å²) in [5, 5.41) is 19.8. The number of aryl methyl sites for hydroxylation is 1. The number of hydrogen-bond acceptors (Lipinski definition) is 4. The maximum atomic E-state index is 12.0. The van der Waals surface area contributed by atoms with E-state index in [9.17, 15) is 9.90 Å². The average Bonchev–Trinajstić information content (AvgIpc) is 2.91. The average molecular weight is 323 g/mol. The fraction of sp³-hybridized carbons (Fsp3) is 0.750. The fourth-order valence-corrected chi connectivity index (χ4v) is 2.98. The van der Waals surface area contributed by atoms with Gasteiger partial charge in [0.1, 0.15) is 0 Å². The SMILES string of the molecule is CC(C)CC(O)CNC(=O)NC1CCCN(c2cnn(C)c2)C1. The molecule has 0 aromatic carbocycles. The Labute approximate surface area is 138 Å². The van der Waals surface area contributed by atoms with Crippen LogP contribution in [0.3, 0.4) is 0 Å². The van der Waals surface area contributed by atoms with Crippen molar-refractivity contribution in [2.75, 3.05) is 24.5 Å². The van der Waals surface area contributed by atoms with Crippen LogP contribution in [0.2, 0.25) is 0 Å². The van der Waals surface area contributed by atoms with Gasteiger partial charge in [-0.1, -0.05) is 13.8 Å². The van der Waals surface area contributed by atoms with Gasteiger partial charge in [-0.3, -0.25) is 4.68 Å². The van der Waals surface area contributed by atoms with Crippen molar-refractivity contribution < 1.29 is 9.90 Å². The summed E-state index contributed by atoms with van der Waals surface area (Å²) in [6, 6.07) is -0.0861. The Morgan fingerprint density at radius 3 is 2.96 bits per heavy atom. The minimum absolute atomic E-state index is 0.117. The molecule has 1 aromatic heterocycles. The third-order valence-corrected chi connectivity index (χ3v) is 4.05. The molecule has 1 saturated heterocycles. The first-order chi connectivity index (χ1) is 10.9. The van der Waals surface area contributed by atoms with Crippen molar-refractivity contribution in [2.45, 2.75) is 45.3 Å². The number of hydrogen-bond donors (Lipinski definition) is 3. The van der Waals surface area contributed by atoms with Gasteiger partial charge >= 0.3 is 6.03 Å². The van der Waals surface area contributed by atoms with E-state index in [-0.39, 0.29) is 12.1 Å².